The largest absolute Gasteiger partial charge is 0.492 e. The summed E-state index contributed by atoms with van der Waals surface area (Å²) in [5.74, 6) is -1.39. The Morgan fingerprint density at radius 2 is 1.67 bits per heavy atom. The number of halogens is 1. The van der Waals surface area contributed by atoms with Crippen LogP contribution in [0, 0.1) is 0 Å². The number of ether oxygens (including phenoxy) is 2. The fraction of sp³-hybridized carbons (Fsp3) is 0.426. The summed E-state index contributed by atoms with van der Waals surface area (Å²) < 4.78 is 42.0. The van der Waals surface area contributed by atoms with Crippen LogP contribution in [0.3, 0.4) is 0 Å². The number of fused-ring (bicyclic) bond motifs is 2. The van der Waals surface area contributed by atoms with E-state index in [2.05, 4.69) is 28.9 Å². The van der Waals surface area contributed by atoms with E-state index in [4.69, 9.17) is 21.1 Å². The quantitative estimate of drug-likeness (QED) is 0.117. The van der Waals surface area contributed by atoms with Gasteiger partial charge in [-0.2, -0.15) is 0 Å². The van der Waals surface area contributed by atoms with Gasteiger partial charge in [-0.15, -0.1) is 0 Å². The molecule has 14 nitrogen and oxygen atoms in total. The van der Waals surface area contributed by atoms with Crippen LogP contribution in [0.5, 0.6) is 5.75 Å². The summed E-state index contributed by atoms with van der Waals surface area (Å²) in [5, 5.41) is 13.7. The molecule has 63 heavy (non-hydrogen) atoms. The van der Waals surface area contributed by atoms with Gasteiger partial charge in [0.1, 0.15) is 18.1 Å². The second-order valence-electron chi connectivity index (χ2n) is 16.2. The van der Waals surface area contributed by atoms with Gasteiger partial charge in [0.2, 0.25) is 0 Å². The second kappa shape index (κ2) is 20.6. The predicted octanol–water partition coefficient (Wildman–Crippen LogP) is 5.82. The van der Waals surface area contributed by atoms with E-state index in [1.807, 2.05) is 43.3 Å². The number of morpholine rings is 1. The fourth-order valence-corrected chi connectivity index (χ4v) is 9.45. The number of aliphatic hydroxyl groups excluding tert-OH is 1. The number of carbonyl (C=O) groups excluding carboxylic acids is 3. The van der Waals surface area contributed by atoms with E-state index in [0.29, 0.717) is 67.7 Å². The summed E-state index contributed by atoms with van der Waals surface area (Å²) in [6.07, 6.45) is 3.79. The van der Waals surface area contributed by atoms with E-state index < -0.39 is 33.9 Å². The molecule has 2 atom stereocenters. The van der Waals surface area contributed by atoms with E-state index in [1.54, 1.807) is 28.1 Å². The molecule has 0 aromatic heterocycles. The van der Waals surface area contributed by atoms with Gasteiger partial charge in [0.25, 0.3) is 27.7 Å². The minimum Gasteiger partial charge on any atom is -0.492 e. The molecule has 0 saturated carbocycles. The van der Waals surface area contributed by atoms with Gasteiger partial charge in [-0.1, -0.05) is 80.8 Å². The SMILES string of the molecule is CCCCN(CCCC)C(=O)C1=C(Cl)C(C)NN1c1ccc(C(=O)NS(=O)(=O)c2ccc3cccc(OCCN4CCOCC4)c3c2)c(C(=O)N2Cc3ccccc3CC2CO)c1. The first kappa shape index (κ1) is 46.0. The smallest absolute Gasteiger partial charge is 0.273 e. The molecule has 3 aliphatic rings. The number of benzene rings is 4. The molecular formula is C47H57ClN6O8S. The molecule has 4 aromatic carbocycles. The first-order valence-corrected chi connectivity index (χ1v) is 23.7. The van der Waals surface area contributed by atoms with Gasteiger partial charge in [-0.05, 0) is 79.1 Å². The average molecular weight is 902 g/mol. The van der Waals surface area contributed by atoms with Gasteiger partial charge >= 0.3 is 0 Å². The highest BCUT2D eigenvalue weighted by Crippen LogP contribution is 2.34. The zero-order valence-corrected chi connectivity index (χ0v) is 37.7. The molecule has 7 rings (SSSR count). The van der Waals surface area contributed by atoms with Gasteiger partial charge < -0.3 is 24.4 Å². The number of hydrazine groups is 1. The molecule has 1 saturated heterocycles. The molecule has 0 spiro atoms. The Morgan fingerprint density at radius 3 is 2.38 bits per heavy atom. The van der Waals surface area contributed by atoms with Crippen molar-refractivity contribution in [3.63, 3.8) is 0 Å². The average Bonchev–Trinajstić information content (AvgIpc) is 3.60. The molecule has 0 aliphatic carbocycles. The lowest BCUT2D eigenvalue weighted by Crippen LogP contribution is -2.47. The van der Waals surface area contributed by atoms with Gasteiger partial charge in [-0.3, -0.25) is 24.3 Å². The number of amides is 3. The van der Waals surface area contributed by atoms with E-state index in [0.717, 1.165) is 55.3 Å². The van der Waals surface area contributed by atoms with Gasteiger partial charge in [0.15, 0.2) is 0 Å². The Balaban J connectivity index is 1.22. The van der Waals surface area contributed by atoms with E-state index in [-0.39, 0.29) is 40.8 Å². The highest BCUT2D eigenvalue weighted by Gasteiger charge is 2.38. The van der Waals surface area contributed by atoms with E-state index in [9.17, 15) is 27.9 Å². The maximum atomic E-state index is 14.9. The monoisotopic (exact) mass is 900 g/mol. The summed E-state index contributed by atoms with van der Waals surface area (Å²) in [7, 11) is -4.50. The van der Waals surface area contributed by atoms with Gasteiger partial charge in [-0.25, -0.2) is 18.6 Å². The zero-order chi connectivity index (χ0) is 44.7. The molecule has 1 fully saturated rings. The molecular weight excluding hydrogens is 844 g/mol. The third-order valence-electron chi connectivity index (χ3n) is 11.9. The Morgan fingerprint density at radius 1 is 0.937 bits per heavy atom. The fourth-order valence-electron chi connectivity index (χ4n) is 8.24. The van der Waals surface area contributed by atoms with Crippen molar-refractivity contribution in [1.29, 1.82) is 0 Å². The molecule has 336 valence electrons. The first-order valence-electron chi connectivity index (χ1n) is 21.8. The van der Waals surface area contributed by atoms with Crippen molar-refractivity contribution in [2.75, 3.05) is 64.2 Å². The maximum absolute atomic E-state index is 14.9. The highest BCUT2D eigenvalue weighted by atomic mass is 35.5. The Labute approximate surface area is 374 Å². The topological polar surface area (TPSA) is 161 Å². The summed E-state index contributed by atoms with van der Waals surface area (Å²) >= 11 is 6.89. The lowest BCUT2D eigenvalue weighted by Gasteiger charge is -2.36. The van der Waals surface area contributed by atoms with Crippen LogP contribution in [0.15, 0.2) is 94.5 Å². The van der Waals surface area contributed by atoms with Crippen LogP contribution in [0.1, 0.15) is 78.3 Å². The number of rotatable bonds is 17. The van der Waals surface area contributed by atoms with Crippen LogP contribution in [0.2, 0.25) is 0 Å². The molecule has 3 amide bonds. The minimum atomic E-state index is -4.50. The van der Waals surface area contributed by atoms with Crippen LogP contribution >= 0.6 is 11.6 Å². The number of unbranched alkanes of at least 4 members (excludes halogenated alkanes) is 2. The molecule has 0 radical (unpaired) electrons. The Kier molecular flexibility index (Phi) is 15.1. The standard InChI is InChI=1S/C47H57ClN6O8S/c1-4-6-19-52(20-7-5-2)47(58)44-43(48)32(3)49-54(44)36-16-18-39(41(28-36)46(57)53-30-35-12-9-8-11-34(35)27-37(53)31-55)45(56)50-63(59,60)38-17-15-33-13-10-14-42(40(33)29-38)62-26-23-51-21-24-61-25-22-51/h8-18,28-29,32,37,49,55H,4-7,19-27,30-31H2,1-3H3,(H,50,56). The number of sulfonamides is 1. The highest BCUT2D eigenvalue weighted by molar-refractivity contribution is 7.90. The zero-order valence-electron chi connectivity index (χ0n) is 36.1. The lowest BCUT2D eigenvalue weighted by atomic mass is 9.93. The van der Waals surface area contributed by atoms with Crippen molar-refractivity contribution in [3.05, 3.63) is 112 Å². The maximum Gasteiger partial charge on any atom is 0.273 e. The van der Waals surface area contributed by atoms with Crippen molar-refractivity contribution >= 4 is 55.8 Å². The van der Waals surface area contributed by atoms with Crippen molar-refractivity contribution in [3.8, 4) is 5.75 Å². The van der Waals surface area contributed by atoms with Gasteiger partial charge in [0.05, 0.1) is 58.6 Å². The van der Waals surface area contributed by atoms with E-state index >= 15 is 0 Å². The number of nitrogens with zero attached hydrogens (tertiary/aromatic N) is 4. The van der Waals surface area contributed by atoms with Crippen LogP contribution in [0.4, 0.5) is 5.69 Å². The lowest BCUT2D eigenvalue weighted by molar-refractivity contribution is -0.127. The number of carbonyl (C=O) groups is 3. The number of hydrogen-bond acceptors (Lipinski definition) is 11. The molecule has 0 bridgehead atoms. The summed E-state index contributed by atoms with van der Waals surface area (Å²) in [6.45, 7) is 10.9. The van der Waals surface area contributed by atoms with Crippen molar-refractivity contribution in [1.82, 2.24) is 24.8 Å². The predicted molar refractivity (Wildman–Crippen MR) is 243 cm³/mol. The molecule has 3 heterocycles. The van der Waals surface area contributed by atoms with Gasteiger partial charge in [0, 0.05) is 44.7 Å². The molecule has 2 unspecified atom stereocenters. The number of aliphatic hydroxyl groups is 1. The molecule has 3 N–H and O–H groups in total. The van der Waals surface area contributed by atoms with Crippen molar-refractivity contribution in [2.24, 2.45) is 0 Å². The normalized spacial score (nSPS) is 18.1. The van der Waals surface area contributed by atoms with E-state index in [1.165, 1.54) is 29.2 Å². The first-order chi connectivity index (χ1) is 30.4. The minimum absolute atomic E-state index is 0.120. The summed E-state index contributed by atoms with van der Waals surface area (Å²) in [4.78, 5) is 48.9. The third-order valence-corrected chi connectivity index (χ3v) is 13.7. The molecule has 16 heteroatoms. The number of anilines is 1. The number of hydrogen-bond donors (Lipinski definition) is 3. The van der Waals surface area contributed by atoms with Crippen LogP contribution in [-0.4, -0.2) is 117 Å². The summed E-state index contributed by atoms with van der Waals surface area (Å²) in [6, 6.07) is 21.0. The van der Waals surface area contributed by atoms with Crippen LogP contribution in [-0.2, 0) is 32.5 Å². The van der Waals surface area contributed by atoms with Crippen molar-refractivity contribution in [2.45, 2.75) is 76.4 Å². The van der Waals surface area contributed by atoms with Crippen LogP contribution in [0.25, 0.3) is 10.8 Å². The summed E-state index contributed by atoms with van der Waals surface area (Å²) in [5.41, 5.74) is 5.35. The number of nitrogens with one attached hydrogen (secondary N) is 2. The third kappa shape index (κ3) is 10.3. The second-order valence-corrected chi connectivity index (χ2v) is 18.3. The molecule has 3 aliphatic heterocycles. The van der Waals surface area contributed by atoms with Crippen LogP contribution < -0.4 is 19.9 Å². The van der Waals surface area contributed by atoms with Crippen molar-refractivity contribution < 1.29 is 37.4 Å². The Bertz CT molecular complexity index is 2450. The molecule has 4 aromatic rings. The Hall–Kier alpha value is -5.03.